The minimum Gasteiger partial charge on any atom is -0.344 e. The molecule has 1 unspecified atom stereocenters. The molecule has 0 aromatic rings. The van der Waals surface area contributed by atoms with E-state index in [-0.39, 0.29) is 23.4 Å². The maximum absolute atomic E-state index is 12.2. The molecule has 0 spiro atoms. The van der Waals surface area contributed by atoms with Gasteiger partial charge < -0.3 is 10.2 Å². The molecule has 1 saturated heterocycles. The highest BCUT2D eigenvalue weighted by Gasteiger charge is 2.34. The van der Waals surface area contributed by atoms with Crippen LogP contribution in [0.4, 0.5) is 0 Å². The van der Waals surface area contributed by atoms with E-state index in [9.17, 15) is 9.59 Å². The molecule has 1 heterocycles. The Morgan fingerprint density at radius 3 is 2.50 bits per heavy atom. The first-order chi connectivity index (χ1) is 7.36. The standard InChI is InChI=1S/C12H22N2O2/c1-5-6-9-11(16)14(12(2,3)4)8-7-10(15)13-9/h9H,5-8H2,1-4H3,(H,13,15). The molecule has 2 amide bonds. The molecular weight excluding hydrogens is 204 g/mol. The smallest absolute Gasteiger partial charge is 0.245 e. The Morgan fingerprint density at radius 2 is 2.00 bits per heavy atom. The number of amides is 2. The molecule has 1 aliphatic rings. The number of hydrogen-bond donors (Lipinski definition) is 1. The van der Waals surface area contributed by atoms with Gasteiger partial charge >= 0.3 is 0 Å². The van der Waals surface area contributed by atoms with Crippen LogP contribution in [0.3, 0.4) is 0 Å². The molecule has 0 radical (unpaired) electrons. The molecule has 0 aromatic carbocycles. The zero-order chi connectivity index (χ0) is 12.3. The number of carbonyl (C=O) groups excluding carboxylic acids is 2. The Morgan fingerprint density at radius 1 is 1.38 bits per heavy atom. The van der Waals surface area contributed by atoms with Gasteiger partial charge in [0.05, 0.1) is 0 Å². The van der Waals surface area contributed by atoms with Crippen LogP contribution < -0.4 is 5.32 Å². The predicted octanol–water partition coefficient (Wildman–Crippen LogP) is 1.30. The van der Waals surface area contributed by atoms with Crippen molar-refractivity contribution in [1.82, 2.24) is 10.2 Å². The van der Waals surface area contributed by atoms with E-state index in [1.54, 1.807) is 0 Å². The molecular formula is C12H22N2O2. The minimum atomic E-state index is -0.334. The van der Waals surface area contributed by atoms with Gasteiger partial charge in [0, 0.05) is 18.5 Å². The average molecular weight is 226 g/mol. The van der Waals surface area contributed by atoms with E-state index >= 15 is 0 Å². The maximum Gasteiger partial charge on any atom is 0.245 e. The summed E-state index contributed by atoms with van der Waals surface area (Å²) in [6, 6.07) is -0.334. The quantitative estimate of drug-likeness (QED) is 0.771. The molecule has 16 heavy (non-hydrogen) atoms. The van der Waals surface area contributed by atoms with E-state index in [2.05, 4.69) is 5.32 Å². The van der Waals surface area contributed by atoms with Crippen LogP contribution in [0.1, 0.15) is 47.0 Å². The van der Waals surface area contributed by atoms with Gasteiger partial charge in [-0.3, -0.25) is 9.59 Å². The van der Waals surface area contributed by atoms with E-state index in [4.69, 9.17) is 0 Å². The molecule has 0 aliphatic carbocycles. The van der Waals surface area contributed by atoms with Gasteiger partial charge in [0.15, 0.2) is 0 Å². The Labute approximate surface area is 97.4 Å². The summed E-state index contributed by atoms with van der Waals surface area (Å²) < 4.78 is 0. The lowest BCUT2D eigenvalue weighted by Crippen LogP contribution is -2.51. The lowest BCUT2D eigenvalue weighted by Gasteiger charge is -2.36. The van der Waals surface area contributed by atoms with Crippen LogP contribution >= 0.6 is 0 Å². The van der Waals surface area contributed by atoms with Crippen molar-refractivity contribution >= 4 is 11.8 Å². The maximum atomic E-state index is 12.2. The third kappa shape index (κ3) is 2.97. The van der Waals surface area contributed by atoms with E-state index < -0.39 is 0 Å². The van der Waals surface area contributed by atoms with Gasteiger partial charge in [-0.05, 0) is 27.2 Å². The highest BCUT2D eigenvalue weighted by atomic mass is 16.2. The summed E-state index contributed by atoms with van der Waals surface area (Å²) in [5.74, 6) is 0.0405. The molecule has 1 rings (SSSR count). The average Bonchev–Trinajstić information content (AvgIpc) is 2.27. The summed E-state index contributed by atoms with van der Waals surface area (Å²) in [6.07, 6.45) is 2.02. The van der Waals surface area contributed by atoms with Crippen LogP contribution in [0.2, 0.25) is 0 Å². The number of carbonyl (C=O) groups is 2. The summed E-state index contributed by atoms with van der Waals surface area (Å²) >= 11 is 0. The fourth-order valence-corrected chi connectivity index (χ4v) is 1.99. The van der Waals surface area contributed by atoms with Gasteiger partial charge in [-0.15, -0.1) is 0 Å². The molecule has 1 atom stereocenters. The largest absolute Gasteiger partial charge is 0.344 e. The molecule has 92 valence electrons. The van der Waals surface area contributed by atoms with E-state index in [1.807, 2.05) is 32.6 Å². The lowest BCUT2D eigenvalue weighted by molar-refractivity contribution is -0.137. The second-order valence-electron chi connectivity index (χ2n) is 5.32. The van der Waals surface area contributed by atoms with Crippen molar-refractivity contribution in [3.05, 3.63) is 0 Å². The Balaban J connectivity index is 2.87. The number of hydrogen-bond acceptors (Lipinski definition) is 2. The van der Waals surface area contributed by atoms with Crippen LogP contribution in [-0.2, 0) is 9.59 Å². The van der Waals surface area contributed by atoms with Gasteiger partial charge in [0.1, 0.15) is 6.04 Å². The monoisotopic (exact) mass is 226 g/mol. The summed E-state index contributed by atoms with van der Waals surface area (Å²) in [5.41, 5.74) is -0.213. The first kappa shape index (κ1) is 13.0. The molecule has 1 aliphatic heterocycles. The minimum absolute atomic E-state index is 0.0152. The van der Waals surface area contributed by atoms with Crippen molar-refractivity contribution in [2.75, 3.05) is 6.54 Å². The van der Waals surface area contributed by atoms with Gasteiger partial charge in [0.25, 0.3) is 0 Å². The first-order valence-corrected chi connectivity index (χ1v) is 5.97. The molecule has 0 saturated carbocycles. The molecule has 1 N–H and O–H groups in total. The van der Waals surface area contributed by atoms with E-state index in [1.165, 1.54) is 0 Å². The topological polar surface area (TPSA) is 49.4 Å². The van der Waals surface area contributed by atoms with Crippen molar-refractivity contribution in [1.29, 1.82) is 0 Å². The zero-order valence-electron chi connectivity index (χ0n) is 10.7. The second-order valence-corrected chi connectivity index (χ2v) is 5.32. The van der Waals surface area contributed by atoms with Crippen molar-refractivity contribution in [2.24, 2.45) is 0 Å². The lowest BCUT2D eigenvalue weighted by atomic mass is 10.0. The predicted molar refractivity (Wildman–Crippen MR) is 62.9 cm³/mol. The third-order valence-corrected chi connectivity index (χ3v) is 2.85. The van der Waals surface area contributed by atoms with Crippen molar-refractivity contribution < 1.29 is 9.59 Å². The number of nitrogens with one attached hydrogen (secondary N) is 1. The molecule has 1 fully saturated rings. The van der Waals surface area contributed by atoms with Gasteiger partial charge in [-0.1, -0.05) is 13.3 Å². The summed E-state index contributed by atoms with van der Waals surface area (Å²) in [5, 5.41) is 2.80. The Hall–Kier alpha value is -1.06. The highest BCUT2D eigenvalue weighted by Crippen LogP contribution is 2.18. The molecule has 4 heteroatoms. The van der Waals surface area contributed by atoms with Gasteiger partial charge in [-0.25, -0.2) is 0 Å². The van der Waals surface area contributed by atoms with Crippen molar-refractivity contribution in [3.8, 4) is 0 Å². The molecule has 0 aromatic heterocycles. The van der Waals surface area contributed by atoms with Crippen LogP contribution in [-0.4, -0.2) is 34.8 Å². The zero-order valence-corrected chi connectivity index (χ0v) is 10.7. The third-order valence-electron chi connectivity index (χ3n) is 2.85. The van der Waals surface area contributed by atoms with Gasteiger partial charge in [-0.2, -0.15) is 0 Å². The summed E-state index contributed by atoms with van der Waals surface area (Å²) in [6.45, 7) is 8.55. The fraction of sp³-hybridized carbons (Fsp3) is 0.833. The van der Waals surface area contributed by atoms with E-state index in [0.717, 1.165) is 12.8 Å². The van der Waals surface area contributed by atoms with Crippen molar-refractivity contribution in [2.45, 2.75) is 58.5 Å². The molecule has 4 nitrogen and oxygen atoms in total. The normalized spacial score (nSPS) is 23.0. The fourth-order valence-electron chi connectivity index (χ4n) is 1.99. The molecule has 0 bridgehead atoms. The number of rotatable bonds is 2. The Kier molecular flexibility index (Phi) is 3.94. The Bertz CT molecular complexity index is 281. The highest BCUT2D eigenvalue weighted by molar-refractivity contribution is 5.90. The number of nitrogens with zero attached hydrogens (tertiary/aromatic N) is 1. The van der Waals surface area contributed by atoms with Crippen LogP contribution in [0.25, 0.3) is 0 Å². The van der Waals surface area contributed by atoms with Crippen molar-refractivity contribution in [3.63, 3.8) is 0 Å². The first-order valence-electron chi connectivity index (χ1n) is 5.97. The van der Waals surface area contributed by atoms with Crippen LogP contribution in [0, 0.1) is 0 Å². The summed E-state index contributed by atoms with van der Waals surface area (Å²) in [4.78, 5) is 25.5. The van der Waals surface area contributed by atoms with Crippen LogP contribution in [0.5, 0.6) is 0 Å². The van der Waals surface area contributed by atoms with Crippen LogP contribution in [0.15, 0.2) is 0 Å². The van der Waals surface area contributed by atoms with E-state index in [0.29, 0.717) is 13.0 Å². The second kappa shape index (κ2) is 4.85. The summed E-state index contributed by atoms with van der Waals surface area (Å²) in [7, 11) is 0. The van der Waals surface area contributed by atoms with Gasteiger partial charge in [0.2, 0.25) is 11.8 Å². The SMILES string of the molecule is CCCC1NC(=O)CCN(C(C)(C)C)C1=O.